The molecule has 0 aromatic carbocycles. The Kier molecular flexibility index (Phi) is 8.33. The molecule has 0 unspecified atom stereocenters. The average molecular weight is 216 g/mol. The third-order valence-corrected chi connectivity index (χ3v) is 2.63. The van der Waals surface area contributed by atoms with E-state index in [9.17, 15) is 4.79 Å². The summed E-state index contributed by atoms with van der Waals surface area (Å²) in [6.07, 6.45) is 2.40. The van der Waals surface area contributed by atoms with Gasteiger partial charge in [0.15, 0.2) is 0 Å². The second kappa shape index (κ2) is 8.68. The molecule has 0 radical (unpaired) electrons. The maximum atomic E-state index is 11.8. The van der Waals surface area contributed by atoms with Crippen LogP contribution in [-0.2, 0) is 4.79 Å². The minimum absolute atomic E-state index is 0.0434. The Balaban J connectivity index is 4.28. The van der Waals surface area contributed by atoms with Crippen LogP contribution in [0.4, 0.5) is 0 Å². The zero-order chi connectivity index (χ0) is 11.7. The number of hydrogen-bond acceptors (Lipinski definition) is 3. The first-order valence-corrected chi connectivity index (χ1v) is 5.76. The van der Waals surface area contributed by atoms with Gasteiger partial charge in [-0.1, -0.05) is 13.8 Å². The van der Waals surface area contributed by atoms with Crippen LogP contribution in [0.1, 0.15) is 33.1 Å². The van der Waals surface area contributed by atoms with Crippen LogP contribution in [0, 0.1) is 0 Å². The second-order valence-electron chi connectivity index (χ2n) is 3.63. The number of aliphatic hydroxyl groups excluding tert-OH is 1. The number of amides is 1. The molecule has 0 aliphatic rings. The Bertz CT molecular complexity index is 170. The highest BCUT2D eigenvalue weighted by Crippen LogP contribution is 2.09. The Morgan fingerprint density at radius 3 is 2.40 bits per heavy atom. The molecule has 0 atom stereocenters. The van der Waals surface area contributed by atoms with Gasteiger partial charge >= 0.3 is 0 Å². The van der Waals surface area contributed by atoms with E-state index in [0.29, 0.717) is 19.5 Å². The smallest absolute Gasteiger partial charge is 0.224 e. The predicted octanol–water partition coefficient (Wildman–Crippen LogP) is 0.605. The van der Waals surface area contributed by atoms with Crippen LogP contribution in [0.2, 0.25) is 0 Å². The lowest BCUT2D eigenvalue weighted by molar-refractivity contribution is -0.134. The molecule has 4 nitrogen and oxygen atoms in total. The van der Waals surface area contributed by atoms with Crippen molar-refractivity contribution in [3.63, 3.8) is 0 Å². The van der Waals surface area contributed by atoms with Gasteiger partial charge in [-0.2, -0.15) is 0 Å². The van der Waals surface area contributed by atoms with Crippen molar-refractivity contribution in [3.8, 4) is 0 Å². The van der Waals surface area contributed by atoms with Crippen LogP contribution in [0.15, 0.2) is 0 Å². The Labute approximate surface area is 92.7 Å². The van der Waals surface area contributed by atoms with E-state index < -0.39 is 0 Å². The molecule has 4 heteroatoms. The van der Waals surface area contributed by atoms with Crippen LogP contribution >= 0.6 is 0 Å². The molecule has 0 aliphatic carbocycles. The summed E-state index contributed by atoms with van der Waals surface area (Å²) >= 11 is 0. The van der Waals surface area contributed by atoms with Crippen LogP contribution in [0.3, 0.4) is 0 Å². The van der Waals surface area contributed by atoms with Gasteiger partial charge in [-0.25, -0.2) is 0 Å². The van der Waals surface area contributed by atoms with Crippen molar-refractivity contribution in [1.29, 1.82) is 0 Å². The van der Waals surface area contributed by atoms with Crippen LogP contribution in [0.25, 0.3) is 0 Å². The van der Waals surface area contributed by atoms with Crippen molar-refractivity contribution in [3.05, 3.63) is 0 Å². The fourth-order valence-corrected chi connectivity index (χ4v) is 1.72. The molecule has 0 aromatic rings. The molecule has 2 N–H and O–H groups in total. The minimum atomic E-state index is 0.0434. The summed E-state index contributed by atoms with van der Waals surface area (Å²) in [7, 11) is 1.83. The number of carbonyl (C=O) groups is 1. The van der Waals surface area contributed by atoms with Crippen molar-refractivity contribution in [2.45, 2.75) is 39.2 Å². The van der Waals surface area contributed by atoms with Gasteiger partial charge in [-0.15, -0.1) is 0 Å². The monoisotopic (exact) mass is 216 g/mol. The van der Waals surface area contributed by atoms with Gasteiger partial charge < -0.3 is 15.3 Å². The summed E-state index contributed by atoms with van der Waals surface area (Å²) in [5, 5.41) is 11.9. The summed E-state index contributed by atoms with van der Waals surface area (Å²) in [5.41, 5.74) is 0. The fourth-order valence-electron chi connectivity index (χ4n) is 1.72. The van der Waals surface area contributed by atoms with Crippen LogP contribution in [-0.4, -0.2) is 48.7 Å². The van der Waals surface area contributed by atoms with Gasteiger partial charge in [-0.3, -0.25) is 4.79 Å². The average Bonchev–Trinajstić information content (AvgIpc) is 2.26. The number of carbonyl (C=O) groups excluding carboxylic acids is 1. The van der Waals surface area contributed by atoms with Crippen LogP contribution < -0.4 is 5.32 Å². The Hall–Kier alpha value is -0.610. The summed E-state index contributed by atoms with van der Waals surface area (Å²) in [6.45, 7) is 5.34. The Morgan fingerprint density at radius 1 is 1.40 bits per heavy atom. The highest BCUT2D eigenvalue weighted by atomic mass is 16.3. The van der Waals surface area contributed by atoms with Crippen molar-refractivity contribution < 1.29 is 9.90 Å². The van der Waals surface area contributed by atoms with Crippen molar-refractivity contribution in [1.82, 2.24) is 10.2 Å². The number of nitrogens with zero attached hydrogens (tertiary/aromatic N) is 1. The highest BCUT2D eigenvalue weighted by molar-refractivity contribution is 5.76. The first-order valence-electron chi connectivity index (χ1n) is 5.76. The first-order chi connectivity index (χ1) is 7.21. The number of aliphatic hydroxyl groups is 1. The van der Waals surface area contributed by atoms with Gasteiger partial charge in [-0.05, 0) is 19.9 Å². The van der Waals surface area contributed by atoms with E-state index in [-0.39, 0.29) is 18.6 Å². The number of nitrogens with one attached hydrogen (secondary N) is 1. The third kappa shape index (κ3) is 5.14. The van der Waals surface area contributed by atoms with E-state index in [1.54, 1.807) is 4.90 Å². The van der Waals surface area contributed by atoms with Crippen molar-refractivity contribution >= 4 is 5.91 Å². The molecule has 0 fully saturated rings. The normalized spacial score (nSPS) is 10.7. The van der Waals surface area contributed by atoms with Gasteiger partial charge in [0.05, 0.1) is 6.61 Å². The second-order valence-corrected chi connectivity index (χ2v) is 3.63. The number of rotatable bonds is 8. The molecule has 90 valence electrons. The fraction of sp³-hybridized carbons (Fsp3) is 0.909. The molecule has 0 bridgehead atoms. The van der Waals surface area contributed by atoms with Crippen LogP contribution in [0.5, 0.6) is 0 Å². The van der Waals surface area contributed by atoms with Gasteiger partial charge in [0.25, 0.3) is 0 Å². The molecular weight excluding hydrogens is 192 g/mol. The number of hydrogen-bond donors (Lipinski definition) is 2. The summed E-state index contributed by atoms with van der Waals surface area (Å²) in [6, 6.07) is 0.265. The highest BCUT2D eigenvalue weighted by Gasteiger charge is 2.19. The molecule has 0 aliphatic heterocycles. The zero-order valence-corrected chi connectivity index (χ0v) is 10.1. The largest absolute Gasteiger partial charge is 0.395 e. The molecule has 0 spiro atoms. The molecule has 0 rings (SSSR count). The lowest BCUT2D eigenvalue weighted by atomic mass is 10.1. The van der Waals surface area contributed by atoms with Crippen molar-refractivity contribution in [2.24, 2.45) is 0 Å². The van der Waals surface area contributed by atoms with E-state index in [1.807, 2.05) is 7.05 Å². The predicted molar refractivity (Wildman–Crippen MR) is 61.7 cm³/mol. The van der Waals surface area contributed by atoms with Crippen molar-refractivity contribution in [2.75, 3.05) is 26.7 Å². The Morgan fingerprint density at radius 2 is 2.00 bits per heavy atom. The molecule has 1 amide bonds. The van der Waals surface area contributed by atoms with E-state index in [0.717, 1.165) is 12.8 Å². The maximum absolute atomic E-state index is 11.8. The lowest BCUT2D eigenvalue weighted by Gasteiger charge is -2.30. The standard InChI is InChI=1S/C11H24N2O2/c1-4-10(5-2)13(8-9-14)11(15)6-7-12-3/h10,12,14H,4-9H2,1-3H3. The lowest BCUT2D eigenvalue weighted by Crippen LogP contribution is -2.42. The molecular formula is C11H24N2O2. The molecule has 0 aromatic heterocycles. The zero-order valence-electron chi connectivity index (χ0n) is 10.1. The minimum Gasteiger partial charge on any atom is -0.395 e. The summed E-state index contributed by atoms with van der Waals surface area (Å²) < 4.78 is 0. The van der Waals surface area contributed by atoms with E-state index in [4.69, 9.17) is 5.11 Å². The first kappa shape index (κ1) is 14.4. The molecule has 0 heterocycles. The van der Waals surface area contributed by atoms with Gasteiger partial charge in [0.2, 0.25) is 5.91 Å². The molecule has 0 saturated carbocycles. The van der Waals surface area contributed by atoms with Gasteiger partial charge in [0.1, 0.15) is 0 Å². The van der Waals surface area contributed by atoms with Gasteiger partial charge in [0, 0.05) is 25.6 Å². The molecule has 15 heavy (non-hydrogen) atoms. The topological polar surface area (TPSA) is 52.6 Å². The molecule has 0 saturated heterocycles. The van der Waals surface area contributed by atoms with E-state index in [2.05, 4.69) is 19.2 Å². The summed E-state index contributed by atoms with van der Waals surface area (Å²) in [5.74, 6) is 0.132. The summed E-state index contributed by atoms with van der Waals surface area (Å²) in [4.78, 5) is 13.6. The maximum Gasteiger partial charge on any atom is 0.224 e. The van der Waals surface area contributed by atoms with E-state index >= 15 is 0 Å². The third-order valence-electron chi connectivity index (χ3n) is 2.63. The van der Waals surface area contributed by atoms with E-state index in [1.165, 1.54) is 0 Å². The quantitative estimate of drug-likeness (QED) is 0.625. The SMILES string of the molecule is CCC(CC)N(CCO)C(=O)CCNC.